The van der Waals surface area contributed by atoms with Gasteiger partial charge in [-0.25, -0.2) is 8.78 Å². The summed E-state index contributed by atoms with van der Waals surface area (Å²) in [5.74, 6) is -1.04. The van der Waals surface area contributed by atoms with Crippen molar-refractivity contribution >= 4 is 21.4 Å². The lowest BCUT2D eigenvalue weighted by molar-refractivity contribution is 0.548. The van der Waals surface area contributed by atoms with Crippen molar-refractivity contribution in [2.24, 2.45) is 0 Å². The van der Waals surface area contributed by atoms with Crippen molar-refractivity contribution in [2.45, 2.75) is 13.0 Å². The topological polar surface area (TPSA) is 12.0 Å². The molecule has 0 saturated heterocycles. The molecule has 108 valence electrons. The zero-order valence-electron chi connectivity index (χ0n) is 11.8. The molecule has 0 fully saturated rings. The van der Waals surface area contributed by atoms with Crippen LogP contribution in [0.2, 0.25) is 0 Å². The molecule has 21 heavy (non-hydrogen) atoms. The summed E-state index contributed by atoms with van der Waals surface area (Å²) in [7, 11) is 1.79. The van der Waals surface area contributed by atoms with Gasteiger partial charge in [-0.1, -0.05) is 18.2 Å². The van der Waals surface area contributed by atoms with Gasteiger partial charge < -0.3 is 5.32 Å². The number of halogens is 2. The summed E-state index contributed by atoms with van der Waals surface area (Å²) in [6, 6.07) is 10.3. The molecule has 0 amide bonds. The Morgan fingerprint density at radius 3 is 2.62 bits per heavy atom. The van der Waals surface area contributed by atoms with E-state index < -0.39 is 11.6 Å². The van der Waals surface area contributed by atoms with Crippen LogP contribution >= 0.6 is 11.3 Å². The Kier molecular flexibility index (Phi) is 3.74. The molecule has 1 aromatic heterocycles. The first-order chi connectivity index (χ1) is 10.1. The minimum Gasteiger partial charge on any atom is -0.309 e. The number of nitrogens with one attached hydrogen (secondary N) is 1. The fraction of sp³-hybridized carbons (Fsp3) is 0.176. The smallest absolute Gasteiger partial charge is 0.131 e. The van der Waals surface area contributed by atoms with E-state index in [1.54, 1.807) is 31.4 Å². The molecular weight excluding hydrogens is 288 g/mol. The number of fused-ring (bicyclic) bond motifs is 1. The molecule has 0 spiro atoms. The SMILES string of the molecule is CNC(c1cc(C)c(F)cc1F)c1cccc2ccsc12. The second-order valence-corrected chi connectivity index (χ2v) is 5.95. The third-order valence-corrected chi connectivity index (χ3v) is 4.68. The lowest BCUT2D eigenvalue weighted by Gasteiger charge is -2.19. The van der Waals surface area contributed by atoms with E-state index in [-0.39, 0.29) is 6.04 Å². The fourth-order valence-corrected chi connectivity index (χ4v) is 3.57. The van der Waals surface area contributed by atoms with Crippen molar-refractivity contribution in [1.29, 1.82) is 0 Å². The van der Waals surface area contributed by atoms with Gasteiger partial charge in [-0.3, -0.25) is 0 Å². The van der Waals surface area contributed by atoms with Gasteiger partial charge in [0, 0.05) is 16.3 Å². The average molecular weight is 303 g/mol. The second-order valence-electron chi connectivity index (χ2n) is 5.03. The monoisotopic (exact) mass is 303 g/mol. The van der Waals surface area contributed by atoms with Crippen LogP contribution in [-0.4, -0.2) is 7.05 Å². The number of aryl methyl sites for hydroxylation is 1. The van der Waals surface area contributed by atoms with Gasteiger partial charge in [0.25, 0.3) is 0 Å². The molecule has 0 aliphatic carbocycles. The second kappa shape index (κ2) is 5.54. The summed E-state index contributed by atoms with van der Waals surface area (Å²) >= 11 is 1.63. The van der Waals surface area contributed by atoms with Crippen molar-refractivity contribution in [3.8, 4) is 0 Å². The molecular formula is C17H15F2NS. The predicted molar refractivity (Wildman–Crippen MR) is 83.8 cm³/mol. The van der Waals surface area contributed by atoms with Crippen molar-refractivity contribution in [3.63, 3.8) is 0 Å². The molecule has 0 bridgehead atoms. The van der Waals surface area contributed by atoms with Crippen LogP contribution in [0.25, 0.3) is 10.1 Å². The van der Waals surface area contributed by atoms with Crippen LogP contribution in [0, 0.1) is 18.6 Å². The number of rotatable bonds is 3. The van der Waals surface area contributed by atoms with Crippen molar-refractivity contribution in [1.82, 2.24) is 5.32 Å². The summed E-state index contributed by atoms with van der Waals surface area (Å²) in [6.45, 7) is 1.65. The Balaban J connectivity index is 2.19. The molecule has 0 aliphatic rings. The minimum atomic E-state index is -0.522. The van der Waals surface area contributed by atoms with Crippen molar-refractivity contribution < 1.29 is 8.78 Å². The minimum absolute atomic E-state index is 0.299. The van der Waals surface area contributed by atoms with Gasteiger partial charge in [0.15, 0.2) is 0 Å². The molecule has 4 heteroatoms. The van der Waals surface area contributed by atoms with Crippen LogP contribution in [0.3, 0.4) is 0 Å². The van der Waals surface area contributed by atoms with E-state index in [9.17, 15) is 8.78 Å². The van der Waals surface area contributed by atoms with Crippen molar-refractivity contribution in [2.75, 3.05) is 7.05 Å². The highest BCUT2D eigenvalue weighted by Crippen LogP contribution is 2.33. The van der Waals surface area contributed by atoms with Gasteiger partial charge in [-0.15, -0.1) is 11.3 Å². The van der Waals surface area contributed by atoms with E-state index in [2.05, 4.69) is 5.32 Å². The maximum absolute atomic E-state index is 14.2. The Bertz CT molecular complexity index is 795. The Hall–Kier alpha value is -1.78. The van der Waals surface area contributed by atoms with Gasteiger partial charge >= 0.3 is 0 Å². The third kappa shape index (κ3) is 2.45. The first-order valence-electron chi connectivity index (χ1n) is 6.70. The maximum atomic E-state index is 14.2. The molecule has 1 atom stereocenters. The maximum Gasteiger partial charge on any atom is 0.131 e. The Morgan fingerprint density at radius 2 is 1.86 bits per heavy atom. The van der Waals surface area contributed by atoms with E-state index in [4.69, 9.17) is 0 Å². The summed E-state index contributed by atoms with van der Waals surface area (Å²) in [6.07, 6.45) is 0. The fourth-order valence-electron chi connectivity index (χ4n) is 2.62. The van der Waals surface area contributed by atoms with E-state index in [1.807, 2.05) is 29.6 Å². The number of hydrogen-bond donors (Lipinski definition) is 1. The standard InChI is InChI=1S/C17H15F2NS/c1-10-8-13(15(19)9-14(10)18)16(20-2)12-5-3-4-11-6-7-21-17(11)12/h3-9,16,20H,1-2H3. The van der Waals surface area contributed by atoms with Crippen LogP contribution in [0.15, 0.2) is 41.8 Å². The lowest BCUT2D eigenvalue weighted by Crippen LogP contribution is -2.19. The molecule has 0 saturated carbocycles. The molecule has 1 unspecified atom stereocenters. The zero-order valence-corrected chi connectivity index (χ0v) is 12.6. The molecule has 2 aromatic carbocycles. The van der Waals surface area contributed by atoms with Crippen LogP contribution in [0.4, 0.5) is 8.78 Å². The highest BCUT2D eigenvalue weighted by molar-refractivity contribution is 7.17. The molecule has 1 N–H and O–H groups in total. The Morgan fingerprint density at radius 1 is 1.05 bits per heavy atom. The van der Waals surface area contributed by atoms with Gasteiger partial charge in [0.2, 0.25) is 0 Å². The van der Waals surface area contributed by atoms with Crippen LogP contribution in [0.1, 0.15) is 22.7 Å². The average Bonchev–Trinajstić information content (AvgIpc) is 2.94. The van der Waals surface area contributed by atoms with Gasteiger partial charge in [-0.2, -0.15) is 0 Å². The molecule has 1 nitrogen and oxygen atoms in total. The normalized spacial score (nSPS) is 12.8. The summed E-state index contributed by atoms with van der Waals surface area (Å²) < 4.78 is 28.8. The zero-order chi connectivity index (χ0) is 15.0. The van der Waals surface area contributed by atoms with E-state index >= 15 is 0 Å². The predicted octanol–water partition coefficient (Wildman–Crippen LogP) is 4.80. The molecule has 3 rings (SSSR count). The molecule has 0 radical (unpaired) electrons. The van der Waals surface area contributed by atoms with Gasteiger partial charge in [-0.05, 0) is 48.0 Å². The van der Waals surface area contributed by atoms with Gasteiger partial charge in [0.1, 0.15) is 11.6 Å². The first kappa shape index (κ1) is 14.2. The molecule has 1 heterocycles. The number of benzene rings is 2. The van der Waals surface area contributed by atoms with E-state index in [1.165, 1.54) is 0 Å². The number of thiophene rings is 1. The third-order valence-electron chi connectivity index (χ3n) is 3.70. The Labute approximate surface area is 126 Å². The summed E-state index contributed by atoms with van der Waals surface area (Å²) in [5.41, 5.74) is 1.93. The van der Waals surface area contributed by atoms with Crippen molar-refractivity contribution in [3.05, 3.63) is 70.1 Å². The largest absolute Gasteiger partial charge is 0.309 e. The van der Waals surface area contributed by atoms with E-state index in [0.29, 0.717) is 11.1 Å². The summed E-state index contributed by atoms with van der Waals surface area (Å²) in [4.78, 5) is 0. The van der Waals surface area contributed by atoms with E-state index in [0.717, 1.165) is 21.7 Å². The van der Waals surface area contributed by atoms with Crippen LogP contribution in [0.5, 0.6) is 0 Å². The highest BCUT2D eigenvalue weighted by Gasteiger charge is 2.20. The quantitative estimate of drug-likeness (QED) is 0.733. The van der Waals surface area contributed by atoms with Gasteiger partial charge in [0.05, 0.1) is 6.04 Å². The highest BCUT2D eigenvalue weighted by atomic mass is 32.1. The first-order valence-corrected chi connectivity index (χ1v) is 7.58. The summed E-state index contributed by atoms with van der Waals surface area (Å²) in [5, 5.41) is 6.31. The lowest BCUT2D eigenvalue weighted by atomic mass is 9.96. The molecule has 0 aliphatic heterocycles. The number of hydrogen-bond acceptors (Lipinski definition) is 2. The van der Waals surface area contributed by atoms with Crippen LogP contribution < -0.4 is 5.32 Å². The van der Waals surface area contributed by atoms with Crippen LogP contribution in [-0.2, 0) is 0 Å². The molecule has 3 aromatic rings.